The highest BCUT2D eigenvalue weighted by Crippen LogP contribution is 2.36. The molecule has 48 heavy (non-hydrogen) atoms. The van der Waals surface area contributed by atoms with E-state index in [-0.39, 0.29) is 19.4 Å². The van der Waals surface area contributed by atoms with Crippen molar-refractivity contribution in [3.05, 3.63) is 12.2 Å². The fraction of sp³-hybridized carbons (Fsp3) is 0.897. The van der Waals surface area contributed by atoms with Gasteiger partial charge in [0.2, 0.25) is 0 Å². The molecule has 0 aromatic heterocycles. The fourth-order valence-electron chi connectivity index (χ4n) is 5.78. The van der Waals surface area contributed by atoms with Crippen LogP contribution < -0.4 is 0 Å². The van der Waals surface area contributed by atoms with Gasteiger partial charge in [-0.15, -0.1) is 0 Å². The lowest BCUT2D eigenvalue weighted by atomic mass is 10.0. The second-order valence-electron chi connectivity index (χ2n) is 13.6. The SMILES string of the molecule is CCCCCCCCCC/C=C\CCCCCCCCCCCCCC(=O)OC(COC(=O)CCCCCCCCC)COP(=O)(O)O. The third-order valence-electron chi connectivity index (χ3n) is 8.78. The summed E-state index contributed by atoms with van der Waals surface area (Å²) in [7, 11) is -4.74. The molecule has 0 aromatic rings. The van der Waals surface area contributed by atoms with Crippen molar-refractivity contribution in [2.24, 2.45) is 0 Å². The summed E-state index contributed by atoms with van der Waals surface area (Å²) in [6.07, 6.45) is 38.2. The van der Waals surface area contributed by atoms with Crippen molar-refractivity contribution in [3.63, 3.8) is 0 Å². The van der Waals surface area contributed by atoms with Gasteiger partial charge >= 0.3 is 19.8 Å². The highest BCUT2D eigenvalue weighted by atomic mass is 31.2. The Kier molecular flexibility index (Phi) is 34.7. The van der Waals surface area contributed by atoms with Crippen molar-refractivity contribution < 1.29 is 37.9 Å². The Morgan fingerprint density at radius 2 is 0.875 bits per heavy atom. The molecular weight excluding hydrogens is 627 g/mol. The van der Waals surface area contributed by atoms with Gasteiger partial charge in [-0.1, -0.05) is 167 Å². The molecular formula is C39H75O8P. The van der Waals surface area contributed by atoms with E-state index in [1.165, 1.54) is 135 Å². The first-order valence-corrected chi connectivity index (χ1v) is 21.5. The van der Waals surface area contributed by atoms with Crippen LogP contribution in [0.5, 0.6) is 0 Å². The maximum atomic E-state index is 12.3. The van der Waals surface area contributed by atoms with Crippen LogP contribution in [-0.4, -0.2) is 41.0 Å². The monoisotopic (exact) mass is 703 g/mol. The van der Waals surface area contributed by atoms with E-state index >= 15 is 0 Å². The predicted octanol–water partition coefficient (Wildman–Crippen LogP) is 11.8. The first-order chi connectivity index (χ1) is 23.3. The van der Waals surface area contributed by atoms with Gasteiger partial charge in [0.15, 0.2) is 6.10 Å². The van der Waals surface area contributed by atoms with Crippen LogP contribution in [0.4, 0.5) is 0 Å². The molecule has 0 heterocycles. The Labute approximate surface area is 295 Å². The van der Waals surface area contributed by atoms with Crippen molar-refractivity contribution in [2.75, 3.05) is 13.2 Å². The number of carbonyl (C=O) groups is 2. The average Bonchev–Trinajstić information content (AvgIpc) is 3.05. The molecule has 0 aliphatic carbocycles. The van der Waals surface area contributed by atoms with Crippen LogP contribution in [0.2, 0.25) is 0 Å². The third-order valence-corrected chi connectivity index (χ3v) is 9.27. The summed E-state index contributed by atoms with van der Waals surface area (Å²) in [5.74, 6) is -0.885. The first-order valence-electron chi connectivity index (χ1n) is 20.0. The van der Waals surface area contributed by atoms with Crippen molar-refractivity contribution >= 4 is 19.8 Å². The van der Waals surface area contributed by atoms with Gasteiger partial charge < -0.3 is 19.3 Å². The van der Waals surface area contributed by atoms with E-state index < -0.39 is 32.5 Å². The third kappa shape index (κ3) is 37.6. The van der Waals surface area contributed by atoms with E-state index in [1.54, 1.807) is 0 Å². The average molecular weight is 703 g/mol. The van der Waals surface area contributed by atoms with Crippen molar-refractivity contribution in [2.45, 2.75) is 213 Å². The van der Waals surface area contributed by atoms with Crippen LogP contribution in [0.3, 0.4) is 0 Å². The number of hydrogen-bond donors (Lipinski definition) is 2. The zero-order valence-corrected chi connectivity index (χ0v) is 32.0. The molecule has 2 N–H and O–H groups in total. The number of carbonyl (C=O) groups excluding carboxylic acids is 2. The van der Waals surface area contributed by atoms with Gasteiger partial charge in [0.1, 0.15) is 6.61 Å². The van der Waals surface area contributed by atoms with Gasteiger partial charge in [0, 0.05) is 12.8 Å². The number of allylic oxidation sites excluding steroid dienone is 2. The maximum Gasteiger partial charge on any atom is 0.469 e. The minimum atomic E-state index is -4.74. The Morgan fingerprint density at radius 3 is 1.27 bits per heavy atom. The largest absolute Gasteiger partial charge is 0.469 e. The van der Waals surface area contributed by atoms with Crippen LogP contribution in [0.1, 0.15) is 206 Å². The number of hydrogen-bond acceptors (Lipinski definition) is 6. The van der Waals surface area contributed by atoms with E-state index in [1.807, 2.05) is 0 Å². The smallest absolute Gasteiger partial charge is 0.462 e. The number of ether oxygens (including phenoxy) is 2. The highest BCUT2D eigenvalue weighted by Gasteiger charge is 2.22. The van der Waals surface area contributed by atoms with Crippen LogP contribution in [0.25, 0.3) is 0 Å². The Balaban J connectivity index is 3.77. The van der Waals surface area contributed by atoms with Crippen molar-refractivity contribution in [1.29, 1.82) is 0 Å². The summed E-state index contributed by atoms with van der Waals surface area (Å²) in [5, 5.41) is 0. The Hall–Kier alpha value is -1.21. The van der Waals surface area contributed by atoms with Crippen LogP contribution in [0.15, 0.2) is 12.2 Å². The van der Waals surface area contributed by atoms with Gasteiger partial charge in [-0.05, 0) is 38.5 Å². The standard InChI is InChI=1S/C39H75O8P/c1-3-5-7-9-11-12-13-14-15-16-17-18-19-20-21-22-23-24-25-26-28-30-32-34-39(41)47-37(36-46-48(42,43)44)35-45-38(40)33-31-29-27-10-8-6-4-2/h16-17,37H,3-15,18-36H2,1-2H3,(H2,42,43,44)/b17-16-. The molecule has 0 aliphatic heterocycles. The lowest BCUT2D eigenvalue weighted by Crippen LogP contribution is -2.29. The molecule has 0 saturated carbocycles. The van der Waals surface area contributed by atoms with E-state index in [4.69, 9.17) is 19.3 Å². The fourth-order valence-corrected chi connectivity index (χ4v) is 6.14. The van der Waals surface area contributed by atoms with Crippen LogP contribution >= 0.6 is 7.82 Å². The zero-order chi connectivity index (χ0) is 35.4. The molecule has 0 rings (SSSR count). The second-order valence-corrected chi connectivity index (χ2v) is 14.9. The van der Waals surface area contributed by atoms with Gasteiger partial charge in [-0.3, -0.25) is 14.1 Å². The molecule has 1 atom stereocenters. The molecule has 0 saturated heterocycles. The molecule has 0 spiro atoms. The van der Waals surface area contributed by atoms with E-state index in [0.29, 0.717) is 6.42 Å². The molecule has 0 radical (unpaired) electrons. The number of phosphoric ester groups is 1. The minimum absolute atomic E-state index is 0.215. The molecule has 284 valence electrons. The predicted molar refractivity (Wildman–Crippen MR) is 198 cm³/mol. The summed E-state index contributed by atoms with van der Waals surface area (Å²) in [6.45, 7) is 3.64. The molecule has 1 unspecified atom stereocenters. The van der Waals surface area contributed by atoms with Crippen molar-refractivity contribution in [1.82, 2.24) is 0 Å². The number of rotatable bonds is 37. The summed E-state index contributed by atoms with van der Waals surface area (Å²) in [6, 6.07) is 0. The van der Waals surface area contributed by atoms with Gasteiger partial charge in [0.25, 0.3) is 0 Å². The quantitative estimate of drug-likeness (QED) is 0.0284. The van der Waals surface area contributed by atoms with Crippen LogP contribution in [0, 0.1) is 0 Å². The van der Waals surface area contributed by atoms with Gasteiger partial charge in [-0.25, -0.2) is 4.57 Å². The molecule has 0 bridgehead atoms. The Bertz CT molecular complexity index is 797. The highest BCUT2D eigenvalue weighted by molar-refractivity contribution is 7.46. The number of unbranched alkanes of at least 4 members (excludes halogenated alkanes) is 25. The summed E-state index contributed by atoms with van der Waals surface area (Å²) < 4.78 is 26.2. The molecule has 0 amide bonds. The normalized spacial score (nSPS) is 12.5. The zero-order valence-electron chi connectivity index (χ0n) is 31.2. The second kappa shape index (κ2) is 35.6. The molecule has 9 heteroatoms. The molecule has 0 aromatic carbocycles. The van der Waals surface area contributed by atoms with E-state index in [0.717, 1.165) is 38.5 Å². The van der Waals surface area contributed by atoms with E-state index in [2.05, 4.69) is 30.5 Å². The van der Waals surface area contributed by atoms with E-state index in [9.17, 15) is 14.2 Å². The Morgan fingerprint density at radius 1 is 0.521 bits per heavy atom. The summed E-state index contributed by atoms with van der Waals surface area (Å²) in [4.78, 5) is 42.5. The lowest BCUT2D eigenvalue weighted by molar-refractivity contribution is -0.161. The topological polar surface area (TPSA) is 119 Å². The molecule has 8 nitrogen and oxygen atoms in total. The van der Waals surface area contributed by atoms with Crippen LogP contribution in [-0.2, 0) is 28.2 Å². The lowest BCUT2D eigenvalue weighted by Gasteiger charge is -2.18. The maximum absolute atomic E-state index is 12.3. The summed E-state index contributed by atoms with van der Waals surface area (Å²) in [5.41, 5.74) is 0. The molecule has 0 fully saturated rings. The van der Waals surface area contributed by atoms with Gasteiger partial charge in [0.05, 0.1) is 6.61 Å². The minimum Gasteiger partial charge on any atom is -0.462 e. The first kappa shape index (κ1) is 46.8. The number of phosphoric acid groups is 1. The molecule has 0 aliphatic rings. The van der Waals surface area contributed by atoms with Crippen molar-refractivity contribution in [3.8, 4) is 0 Å². The summed E-state index contributed by atoms with van der Waals surface area (Å²) >= 11 is 0. The number of esters is 2. The van der Waals surface area contributed by atoms with Gasteiger partial charge in [-0.2, -0.15) is 0 Å².